The molecule has 1 N–H and O–H groups in total. The van der Waals surface area contributed by atoms with Crippen LogP contribution in [-0.2, 0) is 11.8 Å². The third kappa shape index (κ3) is 4.67. The minimum atomic E-state index is -0.215. The van der Waals surface area contributed by atoms with E-state index in [0.29, 0.717) is 29.8 Å². The van der Waals surface area contributed by atoms with E-state index in [-0.39, 0.29) is 11.2 Å². The molecule has 5 heteroatoms. The van der Waals surface area contributed by atoms with Crippen LogP contribution in [0.3, 0.4) is 0 Å². The Morgan fingerprint density at radius 1 is 1.19 bits per heavy atom. The van der Waals surface area contributed by atoms with Crippen molar-refractivity contribution >= 4 is 17.4 Å². The van der Waals surface area contributed by atoms with Gasteiger partial charge in [0.05, 0.1) is 0 Å². The van der Waals surface area contributed by atoms with E-state index in [1.54, 1.807) is 12.1 Å². The van der Waals surface area contributed by atoms with Gasteiger partial charge in [0, 0.05) is 18.0 Å². The lowest BCUT2D eigenvalue weighted by Gasteiger charge is -2.17. The molecular formula is C16H19ClFN3. The molecule has 0 atom stereocenters. The van der Waals surface area contributed by atoms with E-state index < -0.39 is 0 Å². The predicted molar refractivity (Wildman–Crippen MR) is 84.3 cm³/mol. The number of nitrogens with zero attached hydrogens (tertiary/aromatic N) is 2. The minimum Gasteiger partial charge on any atom is -0.370 e. The van der Waals surface area contributed by atoms with Gasteiger partial charge in [0.2, 0.25) is 0 Å². The summed E-state index contributed by atoms with van der Waals surface area (Å²) in [5.74, 6) is 1.17. The molecular weight excluding hydrogens is 289 g/mol. The molecule has 1 aromatic heterocycles. The smallest absolute Gasteiger partial charge is 0.137 e. The van der Waals surface area contributed by atoms with E-state index in [2.05, 4.69) is 15.3 Å². The first-order valence-corrected chi connectivity index (χ1v) is 7.26. The molecule has 1 heterocycles. The summed E-state index contributed by atoms with van der Waals surface area (Å²) in [6, 6.07) is 8.29. The molecule has 0 aliphatic heterocycles. The number of benzene rings is 1. The van der Waals surface area contributed by atoms with Crippen molar-refractivity contribution in [2.45, 2.75) is 32.6 Å². The molecule has 2 aromatic rings. The highest BCUT2D eigenvalue weighted by Crippen LogP contribution is 2.22. The van der Waals surface area contributed by atoms with Crippen molar-refractivity contribution in [2.75, 3.05) is 11.9 Å². The zero-order chi connectivity index (χ0) is 15.5. The van der Waals surface area contributed by atoms with Gasteiger partial charge in [-0.15, -0.1) is 0 Å². The molecule has 0 saturated carbocycles. The lowest BCUT2D eigenvalue weighted by Crippen LogP contribution is -2.17. The summed E-state index contributed by atoms with van der Waals surface area (Å²) in [6.45, 7) is 6.76. The van der Waals surface area contributed by atoms with Crippen LogP contribution < -0.4 is 5.32 Å². The van der Waals surface area contributed by atoms with Gasteiger partial charge in [0.1, 0.15) is 22.6 Å². The predicted octanol–water partition coefficient (Wildman–Crippen LogP) is 4.22. The maximum atomic E-state index is 13.1. The highest BCUT2D eigenvalue weighted by molar-refractivity contribution is 6.29. The Bertz CT molecular complexity index is 623. The first-order chi connectivity index (χ1) is 9.84. The second-order valence-electron chi connectivity index (χ2n) is 5.96. The number of hydrogen-bond acceptors (Lipinski definition) is 3. The zero-order valence-corrected chi connectivity index (χ0v) is 13.2. The average molecular weight is 308 g/mol. The van der Waals surface area contributed by atoms with Crippen LogP contribution in [0.2, 0.25) is 5.15 Å². The third-order valence-electron chi connectivity index (χ3n) is 2.97. The molecule has 3 nitrogen and oxygen atoms in total. The van der Waals surface area contributed by atoms with Gasteiger partial charge in [-0.25, -0.2) is 14.4 Å². The molecule has 2 rings (SSSR count). The van der Waals surface area contributed by atoms with Crippen LogP contribution in [0.25, 0.3) is 0 Å². The fourth-order valence-electron chi connectivity index (χ4n) is 1.87. The lowest BCUT2D eigenvalue weighted by molar-refractivity contribution is 0.546. The monoisotopic (exact) mass is 307 g/mol. The molecule has 0 unspecified atom stereocenters. The van der Waals surface area contributed by atoms with E-state index in [0.717, 1.165) is 5.56 Å². The van der Waals surface area contributed by atoms with Crippen molar-refractivity contribution in [2.24, 2.45) is 0 Å². The largest absolute Gasteiger partial charge is 0.370 e. The van der Waals surface area contributed by atoms with Gasteiger partial charge in [-0.05, 0) is 24.1 Å². The van der Waals surface area contributed by atoms with Crippen molar-refractivity contribution in [3.63, 3.8) is 0 Å². The summed E-state index contributed by atoms with van der Waals surface area (Å²) >= 11 is 6.03. The highest BCUT2D eigenvalue weighted by atomic mass is 35.5. The van der Waals surface area contributed by atoms with Gasteiger partial charge in [0.25, 0.3) is 0 Å². The Morgan fingerprint density at radius 2 is 1.95 bits per heavy atom. The molecule has 0 amide bonds. The van der Waals surface area contributed by atoms with Gasteiger partial charge < -0.3 is 5.32 Å². The Balaban J connectivity index is 2.02. The average Bonchev–Trinajstić information content (AvgIpc) is 2.37. The van der Waals surface area contributed by atoms with E-state index >= 15 is 0 Å². The zero-order valence-electron chi connectivity index (χ0n) is 12.5. The van der Waals surface area contributed by atoms with Gasteiger partial charge in [-0.3, -0.25) is 0 Å². The normalized spacial score (nSPS) is 11.5. The molecule has 1 aromatic carbocycles. The van der Waals surface area contributed by atoms with E-state index in [1.807, 2.05) is 26.8 Å². The van der Waals surface area contributed by atoms with Gasteiger partial charge in [0.15, 0.2) is 0 Å². The van der Waals surface area contributed by atoms with Crippen LogP contribution in [0, 0.1) is 5.82 Å². The quantitative estimate of drug-likeness (QED) is 0.859. The fourth-order valence-corrected chi connectivity index (χ4v) is 2.05. The van der Waals surface area contributed by atoms with Crippen LogP contribution >= 0.6 is 11.6 Å². The fraction of sp³-hybridized carbons (Fsp3) is 0.375. The summed E-state index contributed by atoms with van der Waals surface area (Å²) in [7, 11) is 0. The summed E-state index contributed by atoms with van der Waals surface area (Å²) in [5.41, 5.74) is 0.780. The van der Waals surface area contributed by atoms with Crippen LogP contribution in [-0.4, -0.2) is 16.5 Å². The first-order valence-electron chi connectivity index (χ1n) is 6.88. The van der Waals surface area contributed by atoms with Gasteiger partial charge in [-0.2, -0.15) is 0 Å². The Labute approximate surface area is 129 Å². The minimum absolute atomic E-state index is 0.163. The summed E-state index contributed by atoms with van der Waals surface area (Å²) < 4.78 is 13.1. The van der Waals surface area contributed by atoms with Crippen molar-refractivity contribution in [1.82, 2.24) is 9.97 Å². The second kappa shape index (κ2) is 6.39. The molecule has 0 spiro atoms. The number of hydrogen-bond donors (Lipinski definition) is 1. The maximum absolute atomic E-state index is 13.1. The molecule has 0 aliphatic rings. The van der Waals surface area contributed by atoms with Gasteiger partial charge >= 0.3 is 0 Å². The van der Waals surface area contributed by atoms with Crippen LogP contribution in [0.4, 0.5) is 10.2 Å². The molecule has 0 radical (unpaired) electrons. The van der Waals surface area contributed by atoms with Crippen molar-refractivity contribution in [1.29, 1.82) is 0 Å². The number of rotatable bonds is 4. The number of anilines is 1. The SMILES string of the molecule is CC(C)(C)c1nc(Cl)cc(NCCc2cccc(F)c2)n1. The summed E-state index contributed by atoms with van der Waals surface area (Å²) in [6.07, 6.45) is 0.713. The van der Waals surface area contributed by atoms with E-state index in [4.69, 9.17) is 11.6 Å². The molecule has 0 saturated heterocycles. The highest BCUT2D eigenvalue weighted by Gasteiger charge is 2.18. The lowest BCUT2D eigenvalue weighted by atomic mass is 9.96. The van der Waals surface area contributed by atoms with Crippen molar-refractivity contribution in [3.05, 3.63) is 52.7 Å². The Kier molecular flexibility index (Phi) is 4.78. The molecule has 0 bridgehead atoms. The second-order valence-corrected chi connectivity index (χ2v) is 6.34. The Morgan fingerprint density at radius 3 is 2.62 bits per heavy atom. The number of aromatic nitrogens is 2. The molecule has 112 valence electrons. The van der Waals surface area contributed by atoms with Gasteiger partial charge in [-0.1, -0.05) is 44.5 Å². The number of nitrogens with one attached hydrogen (secondary N) is 1. The summed E-state index contributed by atoms with van der Waals surface area (Å²) in [5, 5.41) is 3.63. The molecule has 0 aliphatic carbocycles. The van der Waals surface area contributed by atoms with E-state index in [1.165, 1.54) is 12.1 Å². The Hall–Kier alpha value is -1.68. The summed E-state index contributed by atoms with van der Waals surface area (Å²) in [4.78, 5) is 8.72. The van der Waals surface area contributed by atoms with Crippen molar-refractivity contribution < 1.29 is 4.39 Å². The van der Waals surface area contributed by atoms with Crippen LogP contribution in [0.5, 0.6) is 0 Å². The van der Waals surface area contributed by atoms with Crippen LogP contribution in [0.15, 0.2) is 30.3 Å². The standard InChI is InChI=1S/C16H19ClFN3/c1-16(2,3)15-20-13(17)10-14(21-15)19-8-7-11-5-4-6-12(18)9-11/h4-6,9-10H,7-8H2,1-3H3,(H,19,20,21). The first kappa shape index (κ1) is 15.7. The maximum Gasteiger partial charge on any atom is 0.137 e. The van der Waals surface area contributed by atoms with E-state index in [9.17, 15) is 4.39 Å². The number of halogens is 2. The molecule has 0 fully saturated rings. The van der Waals surface area contributed by atoms with Crippen LogP contribution in [0.1, 0.15) is 32.2 Å². The third-order valence-corrected chi connectivity index (χ3v) is 3.17. The topological polar surface area (TPSA) is 37.8 Å². The van der Waals surface area contributed by atoms with Crippen molar-refractivity contribution in [3.8, 4) is 0 Å². The molecule has 21 heavy (non-hydrogen) atoms.